The summed E-state index contributed by atoms with van der Waals surface area (Å²) < 4.78 is 42.4. The summed E-state index contributed by atoms with van der Waals surface area (Å²) in [5, 5.41) is 12.6. The molecular formula is C62H143NO9. The van der Waals surface area contributed by atoms with E-state index in [0.717, 1.165) is 50.7 Å². The fourth-order valence-electron chi connectivity index (χ4n) is 4.36. The second kappa shape index (κ2) is 64.9. The summed E-state index contributed by atoms with van der Waals surface area (Å²) in [6, 6.07) is 0.642. The molecule has 0 aliphatic rings. The Kier molecular flexibility index (Phi) is 82.1. The van der Waals surface area contributed by atoms with Gasteiger partial charge in [-0.3, -0.25) is 0 Å². The van der Waals surface area contributed by atoms with Crippen LogP contribution in [0.1, 0.15) is 248 Å². The van der Waals surface area contributed by atoms with Crippen molar-refractivity contribution < 1.29 is 43.0 Å². The van der Waals surface area contributed by atoms with Crippen molar-refractivity contribution in [3.8, 4) is 0 Å². The zero-order chi connectivity index (χ0) is 57.8. The number of aliphatic hydroxyl groups is 1. The zero-order valence-electron chi connectivity index (χ0n) is 54.7. The third-order valence-corrected chi connectivity index (χ3v) is 8.65. The van der Waals surface area contributed by atoms with Gasteiger partial charge in [-0.15, -0.1) is 0 Å². The van der Waals surface area contributed by atoms with Gasteiger partial charge in [-0.1, -0.05) is 118 Å². The smallest absolute Gasteiger partial charge is 0.0827 e. The molecule has 0 radical (unpaired) electrons. The highest BCUT2D eigenvalue weighted by Crippen LogP contribution is 2.07. The largest absolute Gasteiger partial charge is 0.390 e. The van der Waals surface area contributed by atoms with E-state index < -0.39 is 0 Å². The predicted octanol–water partition coefficient (Wildman–Crippen LogP) is 17.0. The maximum absolute atomic E-state index is 9.25. The summed E-state index contributed by atoms with van der Waals surface area (Å²) in [5.74, 6) is 4.51. The minimum Gasteiger partial charge on any atom is -0.390 e. The van der Waals surface area contributed by atoms with Gasteiger partial charge in [0, 0.05) is 39.6 Å². The third-order valence-electron chi connectivity index (χ3n) is 8.65. The zero-order valence-corrected chi connectivity index (χ0v) is 54.7. The van der Waals surface area contributed by atoms with E-state index in [1.807, 2.05) is 69.2 Å². The molecule has 0 rings (SSSR count). The summed E-state index contributed by atoms with van der Waals surface area (Å²) in [5.41, 5.74) is 0. The van der Waals surface area contributed by atoms with Crippen LogP contribution in [0.4, 0.5) is 0 Å². The van der Waals surface area contributed by atoms with Crippen LogP contribution in [0.3, 0.4) is 0 Å². The lowest BCUT2D eigenvalue weighted by Crippen LogP contribution is -2.25. The monoisotopic (exact) mass is 1050 g/mol. The highest BCUT2D eigenvalue weighted by atomic mass is 16.5. The second-order valence-corrected chi connectivity index (χ2v) is 23.9. The molecule has 0 aliphatic heterocycles. The Hall–Kier alpha value is -0.400. The molecule has 0 saturated heterocycles. The van der Waals surface area contributed by atoms with Crippen LogP contribution < -0.4 is 5.32 Å². The molecule has 0 heterocycles. The predicted molar refractivity (Wildman–Crippen MR) is 322 cm³/mol. The SMILES string of the molecule is C.CC(C)CCNC(C)C.CC(C)CCOC(C)C.CC(C)CCOC(C)C.CC(C)COC(C)C.CC(C)COC(C)C.CC(C)OC(C)C.CC(C)OCC(O)C(C)C.COC(COC(C)C)C(C)C. The normalized spacial score (nSPS) is 12.1. The van der Waals surface area contributed by atoms with E-state index in [1.54, 1.807) is 7.11 Å². The van der Waals surface area contributed by atoms with Gasteiger partial charge in [-0.25, -0.2) is 0 Å². The Morgan fingerprint density at radius 2 is 0.625 bits per heavy atom. The van der Waals surface area contributed by atoms with Crippen molar-refractivity contribution in [2.45, 2.75) is 315 Å². The highest BCUT2D eigenvalue weighted by Gasteiger charge is 2.12. The maximum atomic E-state index is 9.25. The van der Waals surface area contributed by atoms with Crippen molar-refractivity contribution in [3.63, 3.8) is 0 Å². The lowest BCUT2D eigenvalue weighted by atomic mass is 10.1. The molecule has 72 heavy (non-hydrogen) atoms. The molecule has 10 nitrogen and oxygen atoms in total. The number of methoxy groups -OCH3 is 1. The molecule has 0 aromatic rings. The molecule has 0 saturated carbocycles. The van der Waals surface area contributed by atoms with Crippen LogP contribution in [0, 0.1) is 41.4 Å². The van der Waals surface area contributed by atoms with Gasteiger partial charge in [-0.2, -0.15) is 0 Å². The summed E-state index contributed by atoms with van der Waals surface area (Å²) >= 11 is 0. The van der Waals surface area contributed by atoms with Gasteiger partial charge < -0.3 is 48.3 Å². The van der Waals surface area contributed by atoms with Gasteiger partial charge >= 0.3 is 0 Å². The van der Waals surface area contributed by atoms with E-state index in [4.69, 9.17) is 37.9 Å². The molecule has 0 aliphatic carbocycles. The molecular weight excluding hydrogens is 903 g/mol. The van der Waals surface area contributed by atoms with Gasteiger partial charge in [0.05, 0.1) is 74.3 Å². The maximum Gasteiger partial charge on any atom is 0.0827 e. The minimum absolute atomic E-state index is 0. The van der Waals surface area contributed by atoms with Crippen LogP contribution in [0.15, 0.2) is 0 Å². The summed E-state index contributed by atoms with van der Waals surface area (Å²) in [7, 11) is 1.73. The summed E-state index contributed by atoms with van der Waals surface area (Å²) in [6.45, 7) is 73.2. The van der Waals surface area contributed by atoms with Crippen molar-refractivity contribution in [2.75, 3.05) is 53.3 Å². The van der Waals surface area contributed by atoms with Crippen molar-refractivity contribution in [2.24, 2.45) is 41.4 Å². The van der Waals surface area contributed by atoms with Crippen LogP contribution in [0.25, 0.3) is 0 Å². The fraction of sp³-hybridized carbons (Fsp3) is 1.00. The molecule has 450 valence electrons. The Morgan fingerprint density at radius 1 is 0.333 bits per heavy atom. The lowest BCUT2D eigenvalue weighted by Gasteiger charge is -2.20. The van der Waals surface area contributed by atoms with E-state index in [9.17, 15) is 5.11 Å². The minimum atomic E-state index is -0.317. The Balaban J connectivity index is -0.0000000901. The molecule has 0 aromatic carbocycles. The van der Waals surface area contributed by atoms with Crippen molar-refractivity contribution in [3.05, 3.63) is 0 Å². The van der Waals surface area contributed by atoms with Crippen LogP contribution in [0.2, 0.25) is 0 Å². The first-order chi connectivity index (χ1) is 32.4. The Bertz CT molecular complexity index is 813. The molecule has 2 N–H and O–H groups in total. The van der Waals surface area contributed by atoms with Crippen LogP contribution in [-0.4, -0.2) is 125 Å². The van der Waals surface area contributed by atoms with E-state index in [1.165, 1.54) is 19.3 Å². The van der Waals surface area contributed by atoms with Gasteiger partial charge in [0.1, 0.15) is 0 Å². The number of ether oxygens (including phenoxy) is 8. The quantitative estimate of drug-likeness (QED) is 0.0752. The molecule has 0 amide bonds. The first-order valence-corrected chi connectivity index (χ1v) is 28.7. The van der Waals surface area contributed by atoms with Crippen molar-refractivity contribution >= 4 is 0 Å². The molecule has 0 bridgehead atoms. The topological polar surface area (TPSA) is 106 Å². The standard InChI is InChI=1S/C9H20O2.C8H19N.C8H18O2.2C8H18O.2C7H16O.C6H14O.CH4/c1-7(2)9(10-5)6-11-8(3)4;1-7(2)5-6-9-8(3)4;1-6(2)8(9)5-10-7(3)4;2*1-7(2)5-6-9-8(3)4;2*1-6(2)5-8-7(3)4;1-5(2)7-6(3)4;/h7-9H,6H2,1-5H3;7-9H,5-6H2,1-4H3;6-9H,5H2,1-4H3;2*7-8H,5-6H2,1-4H3;2*6-7H,5H2,1-4H3;5-6H,1-4H3;1H4. The molecule has 2 atom stereocenters. The number of hydrogen-bond acceptors (Lipinski definition) is 10. The van der Waals surface area contributed by atoms with Crippen LogP contribution in [-0.2, 0) is 37.9 Å². The van der Waals surface area contributed by atoms with E-state index in [0.29, 0.717) is 85.7 Å². The molecule has 0 fully saturated rings. The Morgan fingerprint density at radius 3 is 0.806 bits per heavy atom. The molecule has 0 aromatic heterocycles. The average Bonchev–Trinajstić information content (AvgIpc) is 3.18. The van der Waals surface area contributed by atoms with Crippen LogP contribution in [0.5, 0.6) is 0 Å². The van der Waals surface area contributed by atoms with Gasteiger partial charge in [0.15, 0.2) is 0 Å². The number of nitrogens with one attached hydrogen (secondary N) is 1. The van der Waals surface area contributed by atoms with E-state index in [2.05, 4.69) is 158 Å². The highest BCUT2D eigenvalue weighted by molar-refractivity contribution is 4.61. The number of rotatable bonds is 29. The Labute approximate surface area is 456 Å². The molecule has 0 spiro atoms. The van der Waals surface area contributed by atoms with Crippen molar-refractivity contribution in [1.82, 2.24) is 5.32 Å². The molecule has 2 unspecified atom stereocenters. The first-order valence-electron chi connectivity index (χ1n) is 28.7. The average molecular weight is 1050 g/mol. The lowest BCUT2D eigenvalue weighted by molar-refractivity contribution is -0.0348. The van der Waals surface area contributed by atoms with E-state index >= 15 is 0 Å². The summed E-state index contributed by atoms with van der Waals surface area (Å²) in [4.78, 5) is 0. The number of aliphatic hydroxyl groups excluding tert-OH is 1. The first kappa shape index (κ1) is 91.1. The number of hydrogen-bond donors (Lipinski definition) is 2. The summed E-state index contributed by atoms with van der Waals surface area (Å²) in [6.07, 6.45) is 6.39. The van der Waals surface area contributed by atoms with Gasteiger partial charge in [0.2, 0.25) is 0 Å². The van der Waals surface area contributed by atoms with E-state index in [-0.39, 0.29) is 25.7 Å². The fourth-order valence-corrected chi connectivity index (χ4v) is 4.36. The van der Waals surface area contributed by atoms with Crippen LogP contribution >= 0.6 is 0 Å². The third kappa shape index (κ3) is 123. The second-order valence-electron chi connectivity index (χ2n) is 23.9. The molecule has 10 heteroatoms. The van der Waals surface area contributed by atoms with Gasteiger partial charge in [0.25, 0.3) is 0 Å². The van der Waals surface area contributed by atoms with Gasteiger partial charge in [-0.05, 0) is 178 Å². The van der Waals surface area contributed by atoms with Crippen molar-refractivity contribution in [1.29, 1.82) is 0 Å².